The maximum Gasteiger partial charge on any atom is 0.260 e. The Hall–Kier alpha value is -3.29. The molecule has 3 aromatic rings. The molecule has 1 heterocycles. The Morgan fingerprint density at radius 1 is 0.833 bits per heavy atom. The predicted molar refractivity (Wildman–Crippen MR) is 115 cm³/mol. The van der Waals surface area contributed by atoms with E-state index < -0.39 is 16.1 Å². The monoisotopic (exact) mass is 422 g/mol. The van der Waals surface area contributed by atoms with E-state index in [4.69, 9.17) is 9.47 Å². The van der Waals surface area contributed by atoms with Crippen LogP contribution in [0.25, 0.3) is 5.70 Å². The van der Waals surface area contributed by atoms with Crippen molar-refractivity contribution in [3.05, 3.63) is 96.1 Å². The second-order valence-corrected chi connectivity index (χ2v) is 8.55. The zero-order valence-corrected chi connectivity index (χ0v) is 17.5. The van der Waals surface area contributed by atoms with Crippen LogP contribution in [0, 0.1) is 0 Å². The molecule has 0 saturated heterocycles. The van der Waals surface area contributed by atoms with Gasteiger partial charge < -0.3 is 14.9 Å². The van der Waals surface area contributed by atoms with Crippen LogP contribution >= 0.6 is 0 Å². The topological polar surface area (TPSA) is 67.9 Å². The second kappa shape index (κ2) is 8.22. The SMILES string of the molecule is COc1ccc(C2=CC(c3ccccc3)N(S(=O)(=O)c3ccccc3)N2)cc1OC. The number of hydrogen-bond acceptors (Lipinski definition) is 5. The molecule has 154 valence electrons. The molecule has 0 amide bonds. The second-order valence-electron chi connectivity index (χ2n) is 6.73. The lowest BCUT2D eigenvalue weighted by atomic mass is 10.1. The summed E-state index contributed by atoms with van der Waals surface area (Å²) < 4.78 is 38.8. The van der Waals surface area contributed by atoms with E-state index in [0.717, 1.165) is 11.1 Å². The van der Waals surface area contributed by atoms with Crippen LogP contribution in [0.15, 0.2) is 89.8 Å². The normalized spacial score (nSPS) is 16.6. The molecule has 0 bridgehead atoms. The number of nitrogens with one attached hydrogen (secondary N) is 1. The summed E-state index contributed by atoms with van der Waals surface area (Å²) in [7, 11) is -0.651. The Balaban J connectivity index is 1.78. The van der Waals surface area contributed by atoms with Gasteiger partial charge in [-0.2, -0.15) is 0 Å². The van der Waals surface area contributed by atoms with Crippen molar-refractivity contribution in [2.45, 2.75) is 10.9 Å². The summed E-state index contributed by atoms with van der Waals surface area (Å²) in [6.45, 7) is 0. The van der Waals surface area contributed by atoms with Crippen molar-refractivity contribution < 1.29 is 17.9 Å². The van der Waals surface area contributed by atoms with Crippen molar-refractivity contribution in [2.75, 3.05) is 14.2 Å². The highest BCUT2D eigenvalue weighted by Crippen LogP contribution is 2.37. The number of hydrogen-bond donors (Lipinski definition) is 1. The molecule has 1 atom stereocenters. The van der Waals surface area contributed by atoms with Crippen LogP contribution in [-0.4, -0.2) is 27.1 Å². The molecule has 1 unspecified atom stereocenters. The fraction of sp³-hybridized carbons (Fsp3) is 0.130. The number of nitrogens with zero attached hydrogens (tertiary/aromatic N) is 1. The highest BCUT2D eigenvalue weighted by Gasteiger charge is 2.37. The lowest BCUT2D eigenvalue weighted by molar-refractivity contribution is 0.347. The predicted octanol–water partition coefficient (Wildman–Crippen LogP) is 4.00. The maximum atomic E-state index is 13.4. The molecule has 0 aliphatic carbocycles. The van der Waals surface area contributed by atoms with Crippen LogP contribution in [0.5, 0.6) is 11.5 Å². The summed E-state index contributed by atoms with van der Waals surface area (Å²) in [5.74, 6) is 1.17. The van der Waals surface area contributed by atoms with Gasteiger partial charge in [0.1, 0.15) is 0 Å². The van der Waals surface area contributed by atoms with Gasteiger partial charge in [0.25, 0.3) is 10.0 Å². The van der Waals surface area contributed by atoms with Crippen molar-refractivity contribution in [2.24, 2.45) is 0 Å². The number of methoxy groups -OCH3 is 2. The number of ether oxygens (including phenoxy) is 2. The molecule has 0 spiro atoms. The zero-order chi connectivity index (χ0) is 21.1. The summed E-state index contributed by atoms with van der Waals surface area (Å²) in [5, 5.41) is 0. The van der Waals surface area contributed by atoms with Crippen molar-refractivity contribution >= 4 is 15.7 Å². The Kier molecular flexibility index (Phi) is 5.48. The number of sulfonamides is 1. The van der Waals surface area contributed by atoms with Crippen LogP contribution < -0.4 is 14.9 Å². The van der Waals surface area contributed by atoms with Crippen LogP contribution in [0.2, 0.25) is 0 Å². The largest absolute Gasteiger partial charge is 0.493 e. The van der Waals surface area contributed by atoms with Gasteiger partial charge in [0.05, 0.1) is 30.9 Å². The average molecular weight is 423 g/mol. The first-order valence-corrected chi connectivity index (χ1v) is 10.8. The molecule has 1 N–H and O–H groups in total. The van der Waals surface area contributed by atoms with E-state index in [1.807, 2.05) is 48.5 Å². The Morgan fingerprint density at radius 2 is 1.47 bits per heavy atom. The van der Waals surface area contributed by atoms with Gasteiger partial charge >= 0.3 is 0 Å². The van der Waals surface area contributed by atoms with Crippen molar-refractivity contribution in [1.82, 2.24) is 9.84 Å². The first-order valence-electron chi connectivity index (χ1n) is 9.40. The molecule has 0 aromatic heterocycles. The van der Waals surface area contributed by atoms with Crippen LogP contribution in [0.3, 0.4) is 0 Å². The van der Waals surface area contributed by atoms with Gasteiger partial charge in [-0.05, 0) is 42.0 Å². The van der Waals surface area contributed by atoms with E-state index in [9.17, 15) is 8.42 Å². The van der Waals surface area contributed by atoms with Gasteiger partial charge in [0.15, 0.2) is 11.5 Å². The van der Waals surface area contributed by atoms with Gasteiger partial charge in [0, 0.05) is 5.56 Å². The Labute approximate surface area is 176 Å². The minimum Gasteiger partial charge on any atom is -0.493 e. The van der Waals surface area contributed by atoms with Crippen molar-refractivity contribution in [1.29, 1.82) is 0 Å². The van der Waals surface area contributed by atoms with Gasteiger partial charge in [0.2, 0.25) is 0 Å². The summed E-state index contributed by atoms with van der Waals surface area (Å²) in [6, 6.07) is 22.9. The molecule has 1 aliphatic rings. The summed E-state index contributed by atoms with van der Waals surface area (Å²) in [6.07, 6.45) is 1.90. The van der Waals surface area contributed by atoms with E-state index >= 15 is 0 Å². The van der Waals surface area contributed by atoms with Gasteiger partial charge in [-0.15, -0.1) is 4.41 Å². The van der Waals surface area contributed by atoms with Gasteiger partial charge in [-0.1, -0.05) is 48.5 Å². The van der Waals surface area contributed by atoms with Gasteiger partial charge in [-0.3, -0.25) is 0 Å². The van der Waals surface area contributed by atoms with E-state index in [0.29, 0.717) is 17.2 Å². The van der Waals surface area contributed by atoms with Crippen LogP contribution in [-0.2, 0) is 10.0 Å². The Morgan fingerprint density at radius 3 is 2.10 bits per heavy atom. The molecule has 4 rings (SSSR count). The van der Waals surface area contributed by atoms with E-state index in [1.165, 1.54) is 4.41 Å². The Bertz CT molecular complexity index is 1160. The lowest BCUT2D eigenvalue weighted by Gasteiger charge is -2.25. The number of rotatable bonds is 6. The van der Waals surface area contributed by atoms with E-state index in [1.54, 1.807) is 50.6 Å². The molecule has 3 aromatic carbocycles. The number of benzene rings is 3. The third-order valence-corrected chi connectivity index (χ3v) is 6.65. The molecule has 7 heteroatoms. The van der Waals surface area contributed by atoms with E-state index in [-0.39, 0.29) is 4.90 Å². The molecule has 6 nitrogen and oxygen atoms in total. The summed E-state index contributed by atoms with van der Waals surface area (Å²) in [4.78, 5) is 0.223. The first-order chi connectivity index (χ1) is 14.5. The fourth-order valence-electron chi connectivity index (χ4n) is 3.41. The molecular formula is C23H22N2O4S. The quantitative estimate of drug-likeness (QED) is 0.651. The first kappa shape index (κ1) is 20.0. The minimum atomic E-state index is -3.79. The fourth-order valence-corrected chi connectivity index (χ4v) is 4.84. The smallest absolute Gasteiger partial charge is 0.260 e. The third kappa shape index (κ3) is 3.65. The molecule has 0 radical (unpaired) electrons. The minimum absolute atomic E-state index is 0.223. The zero-order valence-electron chi connectivity index (χ0n) is 16.6. The van der Waals surface area contributed by atoms with Gasteiger partial charge in [-0.25, -0.2) is 8.42 Å². The molecule has 0 fully saturated rings. The standard InChI is InChI=1S/C23H22N2O4S/c1-28-22-14-13-18(15-23(22)29-2)20-16-21(17-9-5-3-6-10-17)25(24-20)30(26,27)19-11-7-4-8-12-19/h3-16,21,24H,1-2H3. The highest BCUT2D eigenvalue weighted by atomic mass is 32.2. The third-order valence-electron chi connectivity index (χ3n) is 4.94. The molecule has 30 heavy (non-hydrogen) atoms. The van der Waals surface area contributed by atoms with Crippen molar-refractivity contribution in [3.8, 4) is 11.5 Å². The van der Waals surface area contributed by atoms with Crippen LogP contribution in [0.4, 0.5) is 0 Å². The highest BCUT2D eigenvalue weighted by molar-refractivity contribution is 7.89. The molecule has 0 saturated carbocycles. The average Bonchev–Trinajstić information content (AvgIpc) is 3.26. The summed E-state index contributed by atoms with van der Waals surface area (Å²) in [5.41, 5.74) is 5.42. The molecule has 1 aliphatic heterocycles. The molecular weight excluding hydrogens is 400 g/mol. The van der Waals surface area contributed by atoms with Crippen molar-refractivity contribution in [3.63, 3.8) is 0 Å². The maximum absolute atomic E-state index is 13.4. The lowest BCUT2D eigenvalue weighted by Crippen LogP contribution is -2.39. The van der Waals surface area contributed by atoms with Crippen LogP contribution in [0.1, 0.15) is 17.2 Å². The van der Waals surface area contributed by atoms with E-state index in [2.05, 4.69) is 5.43 Å². The number of hydrazine groups is 1. The summed E-state index contributed by atoms with van der Waals surface area (Å²) >= 11 is 0.